The molecule has 3 aromatic rings. The number of aromatic nitrogens is 2. The minimum absolute atomic E-state index is 0.0989. The SMILES string of the molecule is Cc1cc2c([nH]1)/C=C1\C(=O)Nc3ccc(cc31)-c1c(noc1C)CNCCN(C)C2=O. The lowest BCUT2D eigenvalue weighted by Gasteiger charge is -2.17. The van der Waals surface area contributed by atoms with Gasteiger partial charge in [0, 0.05) is 49.2 Å². The normalized spacial score (nSPS) is 17.9. The zero-order valence-corrected chi connectivity index (χ0v) is 17.6. The van der Waals surface area contributed by atoms with E-state index in [1.54, 1.807) is 18.0 Å². The largest absolute Gasteiger partial charge is 0.361 e. The highest BCUT2D eigenvalue weighted by atomic mass is 16.5. The molecule has 0 saturated heterocycles. The van der Waals surface area contributed by atoms with E-state index in [1.165, 1.54) is 0 Å². The molecule has 0 fully saturated rings. The molecule has 2 aliphatic rings. The molecule has 5 rings (SSSR count). The van der Waals surface area contributed by atoms with E-state index in [0.29, 0.717) is 36.5 Å². The predicted octanol–water partition coefficient (Wildman–Crippen LogP) is 2.95. The van der Waals surface area contributed by atoms with Gasteiger partial charge < -0.3 is 25.0 Å². The minimum atomic E-state index is -0.195. The van der Waals surface area contributed by atoms with Crippen molar-refractivity contribution in [2.45, 2.75) is 20.4 Å². The van der Waals surface area contributed by atoms with Crippen molar-refractivity contribution < 1.29 is 14.1 Å². The van der Waals surface area contributed by atoms with Crippen LogP contribution in [0.1, 0.15) is 38.8 Å². The molecule has 0 saturated carbocycles. The molecule has 31 heavy (non-hydrogen) atoms. The summed E-state index contributed by atoms with van der Waals surface area (Å²) in [4.78, 5) is 30.8. The van der Waals surface area contributed by atoms with Crippen molar-refractivity contribution in [3.63, 3.8) is 0 Å². The predicted molar refractivity (Wildman–Crippen MR) is 117 cm³/mol. The maximum atomic E-state index is 13.1. The van der Waals surface area contributed by atoms with Crippen LogP contribution >= 0.6 is 0 Å². The third-order valence-corrected chi connectivity index (χ3v) is 5.79. The highest BCUT2D eigenvalue weighted by Gasteiger charge is 2.27. The molecule has 8 heteroatoms. The number of hydrogen-bond acceptors (Lipinski definition) is 5. The summed E-state index contributed by atoms with van der Waals surface area (Å²) in [7, 11) is 1.77. The van der Waals surface area contributed by atoms with E-state index in [9.17, 15) is 9.59 Å². The van der Waals surface area contributed by atoms with Crippen LogP contribution in [0.25, 0.3) is 22.8 Å². The van der Waals surface area contributed by atoms with E-state index in [2.05, 4.69) is 20.8 Å². The summed E-state index contributed by atoms with van der Waals surface area (Å²) in [6, 6.07) is 7.66. The summed E-state index contributed by atoms with van der Waals surface area (Å²) in [6.45, 7) is 5.44. The molecule has 0 radical (unpaired) electrons. The quantitative estimate of drug-likeness (QED) is 0.522. The van der Waals surface area contributed by atoms with E-state index in [1.807, 2.05) is 38.1 Å². The highest BCUT2D eigenvalue weighted by molar-refractivity contribution is 6.35. The summed E-state index contributed by atoms with van der Waals surface area (Å²) < 4.78 is 5.46. The number of carbonyl (C=O) groups excluding carboxylic acids is 2. The number of likely N-dealkylation sites (N-methyl/N-ethyl adjacent to an activating group) is 1. The molecule has 4 heterocycles. The van der Waals surface area contributed by atoms with Crippen LogP contribution in [0, 0.1) is 13.8 Å². The molecule has 2 aromatic heterocycles. The molecule has 8 nitrogen and oxygen atoms in total. The Morgan fingerprint density at radius 3 is 2.81 bits per heavy atom. The van der Waals surface area contributed by atoms with Gasteiger partial charge in [-0.15, -0.1) is 0 Å². The fraction of sp³-hybridized carbons (Fsp3) is 0.261. The zero-order chi connectivity index (χ0) is 21.7. The van der Waals surface area contributed by atoms with Crippen LogP contribution < -0.4 is 10.6 Å². The van der Waals surface area contributed by atoms with Crippen molar-refractivity contribution in [1.29, 1.82) is 0 Å². The molecule has 2 aliphatic heterocycles. The Balaban J connectivity index is 1.72. The number of aryl methyl sites for hydroxylation is 2. The van der Waals surface area contributed by atoms with Crippen LogP contribution in [0.5, 0.6) is 0 Å². The van der Waals surface area contributed by atoms with Gasteiger partial charge in [-0.2, -0.15) is 0 Å². The standard InChI is InChI=1S/C23H23N5O3/c1-12-8-17-19(25-12)10-16-15-9-14(4-5-18(15)26-22(16)29)21-13(2)31-27-20(21)11-24-6-7-28(3)23(17)30/h4-5,8-10,24-25H,6-7,11H2,1-3H3,(H,26,29)/b16-10-. The number of hydrogen-bond donors (Lipinski definition) is 3. The van der Waals surface area contributed by atoms with Crippen molar-refractivity contribution in [1.82, 2.24) is 20.4 Å². The first-order chi connectivity index (χ1) is 14.9. The number of carbonyl (C=O) groups is 2. The summed E-state index contributed by atoms with van der Waals surface area (Å²) >= 11 is 0. The number of nitrogens with zero attached hydrogens (tertiary/aromatic N) is 2. The van der Waals surface area contributed by atoms with Gasteiger partial charge in [0.1, 0.15) is 11.5 Å². The fourth-order valence-electron chi connectivity index (χ4n) is 4.20. The Hall–Kier alpha value is -3.65. The van der Waals surface area contributed by atoms with Crippen molar-refractivity contribution >= 4 is 29.2 Å². The maximum absolute atomic E-state index is 13.1. The summed E-state index contributed by atoms with van der Waals surface area (Å²) in [5, 5.41) is 10.5. The lowest BCUT2D eigenvalue weighted by molar-refractivity contribution is -0.110. The Kier molecular flexibility index (Phi) is 4.51. The van der Waals surface area contributed by atoms with Crippen LogP contribution in [0.3, 0.4) is 0 Å². The zero-order valence-electron chi connectivity index (χ0n) is 17.6. The molecule has 0 spiro atoms. The molecule has 0 aliphatic carbocycles. The van der Waals surface area contributed by atoms with Gasteiger partial charge in [0.05, 0.1) is 16.8 Å². The van der Waals surface area contributed by atoms with Crippen LogP contribution in [0.2, 0.25) is 0 Å². The van der Waals surface area contributed by atoms with Gasteiger partial charge in [-0.05, 0) is 43.7 Å². The van der Waals surface area contributed by atoms with Gasteiger partial charge in [0.15, 0.2) is 0 Å². The number of amides is 2. The molecular weight excluding hydrogens is 394 g/mol. The van der Waals surface area contributed by atoms with Gasteiger partial charge in [-0.3, -0.25) is 9.59 Å². The van der Waals surface area contributed by atoms with Gasteiger partial charge in [0.2, 0.25) is 0 Å². The summed E-state index contributed by atoms with van der Waals surface area (Å²) in [5.74, 6) is 0.427. The number of aromatic amines is 1. The van der Waals surface area contributed by atoms with Crippen LogP contribution in [-0.4, -0.2) is 47.0 Å². The molecular formula is C23H23N5O3. The van der Waals surface area contributed by atoms with Gasteiger partial charge >= 0.3 is 0 Å². The maximum Gasteiger partial charge on any atom is 0.256 e. The topological polar surface area (TPSA) is 103 Å². The second-order valence-corrected chi connectivity index (χ2v) is 8.02. The number of anilines is 1. The third-order valence-electron chi connectivity index (χ3n) is 5.79. The molecule has 2 amide bonds. The first kappa shape index (κ1) is 19.3. The summed E-state index contributed by atoms with van der Waals surface area (Å²) in [5.41, 5.74) is 6.73. The first-order valence-electron chi connectivity index (χ1n) is 10.2. The fourth-order valence-corrected chi connectivity index (χ4v) is 4.20. The lowest BCUT2D eigenvalue weighted by Crippen LogP contribution is -2.34. The Bertz CT molecular complexity index is 1250. The first-order valence-corrected chi connectivity index (χ1v) is 10.2. The second kappa shape index (κ2) is 7.24. The number of rotatable bonds is 0. The van der Waals surface area contributed by atoms with Crippen LogP contribution in [0.15, 0.2) is 28.8 Å². The van der Waals surface area contributed by atoms with Crippen molar-refractivity contribution in [2.24, 2.45) is 0 Å². The molecule has 1 aromatic carbocycles. The van der Waals surface area contributed by atoms with E-state index < -0.39 is 0 Å². The highest BCUT2D eigenvalue weighted by Crippen LogP contribution is 2.38. The number of benzene rings is 1. The molecule has 0 unspecified atom stereocenters. The Morgan fingerprint density at radius 1 is 1.13 bits per heavy atom. The average Bonchev–Trinajstić information content (AvgIpc) is 3.39. The monoisotopic (exact) mass is 417 g/mol. The van der Waals surface area contributed by atoms with Gasteiger partial charge in [-0.25, -0.2) is 0 Å². The second-order valence-electron chi connectivity index (χ2n) is 8.02. The Labute approximate surface area is 179 Å². The average molecular weight is 417 g/mol. The van der Waals surface area contributed by atoms with Crippen LogP contribution in [-0.2, 0) is 11.3 Å². The van der Waals surface area contributed by atoms with Crippen molar-refractivity contribution in [3.8, 4) is 11.1 Å². The molecule has 2 bridgehead atoms. The Morgan fingerprint density at radius 2 is 1.97 bits per heavy atom. The van der Waals surface area contributed by atoms with Gasteiger partial charge in [-0.1, -0.05) is 11.2 Å². The number of fused-ring (bicyclic) bond motifs is 4. The summed E-state index contributed by atoms with van der Waals surface area (Å²) in [6.07, 6.45) is 1.76. The van der Waals surface area contributed by atoms with E-state index in [0.717, 1.165) is 39.5 Å². The smallest absolute Gasteiger partial charge is 0.256 e. The number of H-pyrrole nitrogens is 1. The molecule has 3 N–H and O–H groups in total. The van der Waals surface area contributed by atoms with E-state index in [4.69, 9.17) is 4.52 Å². The minimum Gasteiger partial charge on any atom is -0.361 e. The number of nitrogens with one attached hydrogen (secondary N) is 3. The lowest BCUT2D eigenvalue weighted by atomic mass is 9.97. The third kappa shape index (κ3) is 3.25. The molecule has 158 valence electrons. The van der Waals surface area contributed by atoms with Crippen molar-refractivity contribution in [3.05, 3.63) is 58.2 Å². The van der Waals surface area contributed by atoms with Gasteiger partial charge in [0.25, 0.3) is 11.8 Å². The molecule has 0 atom stereocenters. The van der Waals surface area contributed by atoms with E-state index in [-0.39, 0.29) is 11.8 Å². The van der Waals surface area contributed by atoms with E-state index >= 15 is 0 Å². The van der Waals surface area contributed by atoms with Crippen molar-refractivity contribution in [2.75, 3.05) is 25.5 Å². The van der Waals surface area contributed by atoms with Crippen LogP contribution in [0.4, 0.5) is 5.69 Å².